The quantitative estimate of drug-likeness (QED) is 0.453. The van der Waals surface area contributed by atoms with Gasteiger partial charge in [0.15, 0.2) is 0 Å². The van der Waals surface area contributed by atoms with Crippen LogP contribution in [0.25, 0.3) is 0 Å². The standard InChI is InChI=1S/C26H37N3O5S/c1-6-16-27-26(31)22(7-2)28(17-15-21-11-9-8-10-12-21)25(30)19-29(35(5,32)33)23-18-20(3)13-14-24(23)34-4/h8-14,18,22H,6-7,15-17,19H2,1-5H3,(H,27,31). The highest BCUT2D eigenvalue weighted by Gasteiger charge is 2.32. The van der Waals surface area contributed by atoms with E-state index in [4.69, 9.17) is 4.74 Å². The number of ether oxygens (including phenoxy) is 1. The van der Waals surface area contributed by atoms with Gasteiger partial charge in [0, 0.05) is 13.1 Å². The van der Waals surface area contributed by atoms with Gasteiger partial charge in [-0.2, -0.15) is 0 Å². The second-order valence-corrected chi connectivity index (χ2v) is 10.4. The highest BCUT2D eigenvalue weighted by atomic mass is 32.2. The van der Waals surface area contributed by atoms with Gasteiger partial charge in [-0.15, -0.1) is 0 Å². The van der Waals surface area contributed by atoms with E-state index < -0.39 is 28.5 Å². The van der Waals surface area contributed by atoms with Crippen molar-refractivity contribution in [3.05, 3.63) is 59.7 Å². The Hall–Kier alpha value is -3.07. The number of methoxy groups -OCH3 is 1. The molecule has 0 aliphatic heterocycles. The predicted molar refractivity (Wildman–Crippen MR) is 139 cm³/mol. The molecule has 2 rings (SSSR count). The monoisotopic (exact) mass is 503 g/mol. The van der Waals surface area contributed by atoms with Crippen LogP contribution in [0.3, 0.4) is 0 Å². The molecule has 2 aromatic rings. The van der Waals surface area contributed by atoms with E-state index in [1.165, 1.54) is 12.0 Å². The lowest BCUT2D eigenvalue weighted by Gasteiger charge is -2.33. The molecule has 2 aromatic carbocycles. The number of hydrogen-bond donors (Lipinski definition) is 1. The summed E-state index contributed by atoms with van der Waals surface area (Å²) < 4.78 is 32.0. The van der Waals surface area contributed by atoms with Crippen LogP contribution in [0.4, 0.5) is 5.69 Å². The number of carbonyl (C=O) groups excluding carboxylic acids is 2. The fourth-order valence-corrected chi connectivity index (χ4v) is 4.70. The molecule has 192 valence electrons. The van der Waals surface area contributed by atoms with E-state index in [1.54, 1.807) is 12.1 Å². The molecule has 1 atom stereocenters. The van der Waals surface area contributed by atoms with Crippen molar-refractivity contribution in [2.24, 2.45) is 0 Å². The van der Waals surface area contributed by atoms with E-state index in [-0.39, 0.29) is 18.1 Å². The van der Waals surface area contributed by atoms with Crippen molar-refractivity contribution in [2.75, 3.05) is 37.3 Å². The number of benzene rings is 2. The summed E-state index contributed by atoms with van der Waals surface area (Å²) in [5.74, 6) is -0.347. The number of amides is 2. The number of nitrogens with zero attached hydrogens (tertiary/aromatic N) is 2. The molecule has 0 radical (unpaired) electrons. The molecule has 0 spiro atoms. The fourth-order valence-electron chi connectivity index (χ4n) is 3.85. The first kappa shape index (κ1) is 28.2. The Labute approximate surface area is 209 Å². The third kappa shape index (κ3) is 7.99. The van der Waals surface area contributed by atoms with Crippen LogP contribution in [-0.4, -0.2) is 64.2 Å². The van der Waals surface area contributed by atoms with Crippen LogP contribution in [0.1, 0.15) is 37.8 Å². The molecular weight excluding hydrogens is 466 g/mol. The molecule has 9 heteroatoms. The number of nitrogens with one attached hydrogen (secondary N) is 1. The van der Waals surface area contributed by atoms with Crippen LogP contribution in [0, 0.1) is 6.92 Å². The molecule has 0 aromatic heterocycles. The summed E-state index contributed by atoms with van der Waals surface area (Å²) in [6.45, 7) is 5.98. The van der Waals surface area contributed by atoms with Gasteiger partial charge < -0.3 is 15.0 Å². The van der Waals surface area contributed by atoms with Gasteiger partial charge >= 0.3 is 0 Å². The average Bonchev–Trinajstić information content (AvgIpc) is 2.83. The normalized spacial score (nSPS) is 12.0. The molecule has 1 N–H and O–H groups in total. The summed E-state index contributed by atoms with van der Waals surface area (Å²) >= 11 is 0. The van der Waals surface area contributed by atoms with Gasteiger partial charge in [-0.3, -0.25) is 13.9 Å². The van der Waals surface area contributed by atoms with Gasteiger partial charge in [0.2, 0.25) is 21.8 Å². The molecule has 0 saturated carbocycles. The maximum atomic E-state index is 13.7. The number of sulfonamides is 1. The molecule has 0 aliphatic carbocycles. The molecule has 35 heavy (non-hydrogen) atoms. The van der Waals surface area contributed by atoms with Gasteiger partial charge in [0.1, 0.15) is 18.3 Å². The van der Waals surface area contributed by atoms with Crippen LogP contribution in [-0.2, 0) is 26.0 Å². The van der Waals surface area contributed by atoms with Crippen LogP contribution in [0.5, 0.6) is 5.75 Å². The van der Waals surface area contributed by atoms with Crippen molar-refractivity contribution in [1.82, 2.24) is 10.2 Å². The Bertz CT molecular complexity index is 1090. The lowest BCUT2D eigenvalue weighted by molar-refractivity contribution is -0.139. The largest absolute Gasteiger partial charge is 0.495 e. The SMILES string of the molecule is CCCNC(=O)C(CC)N(CCc1ccccc1)C(=O)CN(c1cc(C)ccc1OC)S(C)(=O)=O. The second-order valence-electron chi connectivity index (χ2n) is 8.48. The van der Waals surface area contributed by atoms with Crippen molar-refractivity contribution in [3.8, 4) is 5.75 Å². The number of carbonyl (C=O) groups is 2. The third-order valence-electron chi connectivity index (χ3n) is 5.70. The summed E-state index contributed by atoms with van der Waals surface area (Å²) in [5.41, 5.74) is 2.14. The Morgan fingerprint density at radius 1 is 1.09 bits per heavy atom. The maximum absolute atomic E-state index is 13.7. The summed E-state index contributed by atoms with van der Waals surface area (Å²) in [5, 5.41) is 2.87. The van der Waals surface area contributed by atoms with E-state index >= 15 is 0 Å². The van der Waals surface area contributed by atoms with Gasteiger partial charge in [-0.05, 0) is 49.4 Å². The third-order valence-corrected chi connectivity index (χ3v) is 6.83. The average molecular weight is 504 g/mol. The van der Waals surface area contributed by atoms with Crippen molar-refractivity contribution in [2.45, 2.75) is 46.1 Å². The van der Waals surface area contributed by atoms with Crippen molar-refractivity contribution in [3.63, 3.8) is 0 Å². The van der Waals surface area contributed by atoms with E-state index in [2.05, 4.69) is 5.32 Å². The minimum atomic E-state index is -3.82. The lowest BCUT2D eigenvalue weighted by atomic mass is 10.1. The van der Waals surface area contributed by atoms with Crippen LogP contribution < -0.4 is 14.4 Å². The smallest absolute Gasteiger partial charge is 0.244 e. The summed E-state index contributed by atoms with van der Waals surface area (Å²) in [6, 6.07) is 14.1. The molecule has 0 heterocycles. The minimum absolute atomic E-state index is 0.241. The van der Waals surface area contributed by atoms with E-state index in [0.717, 1.165) is 28.1 Å². The highest BCUT2D eigenvalue weighted by molar-refractivity contribution is 7.92. The summed E-state index contributed by atoms with van der Waals surface area (Å²) in [6.07, 6.45) is 2.77. The minimum Gasteiger partial charge on any atom is -0.495 e. The van der Waals surface area contributed by atoms with Crippen molar-refractivity contribution in [1.29, 1.82) is 0 Å². The van der Waals surface area contributed by atoms with E-state index in [0.29, 0.717) is 25.1 Å². The maximum Gasteiger partial charge on any atom is 0.244 e. The van der Waals surface area contributed by atoms with Crippen LogP contribution in [0.2, 0.25) is 0 Å². The van der Waals surface area contributed by atoms with Crippen molar-refractivity contribution >= 4 is 27.5 Å². The number of rotatable bonds is 13. The summed E-state index contributed by atoms with van der Waals surface area (Å²) in [4.78, 5) is 28.1. The number of anilines is 1. The summed E-state index contributed by atoms with van der Waals surface area (Å²) in [7, 11) is -2.37. The molecular formula is C26H37N3O5S. The zero-order valence-corrected chi connectivity index (χ0v) is 22.1. The first-order valence-electron chi connectivity index (χ1n) is 11.9. The lowest BCUT2D eigenvalue weighted by Crippen LogP contribution is -2.53. The number of aryl methyl sites for hydroxylation is 1. The van der Waals surface area contributed by atoms with Gasteiger partial charge in [-0.1, -0.05) is 50.2 Å². The highest BCUT2D eigenvalue weighted by Crippen LogP contribution is 2.31. The zero-order valence-electron chi connectivity index (χ0n) is 21.3. The Morgan fingerprint density at radius 3 is 2.34 bits per heavy atom. The Balaban J connectivity index is 2.41. The molecule has 2 amide bonds. The van der Waals surface area contributed by atoms with Crippen LogP contribution in [0.15, 0.2) is 48.5 Å². The Morgan fingerprint density at radius 2 is 1.77 bits per heavy atom. The van der Waals surface area contributed by atoms with Crippen LogP contribution >= 0.6 is 0 Å². The molecule has 0 bridgehead atoms. The van der Waals surface area contributed by atoms with E-state index in [1.807, 2.05) is 57.2 Å². The molecule has 0 fully saturated rings. The molecule has 0 saturated heterocycles. The topological polar surface area (TPSA) is 96.0 Å². The van der Waals surface area contributed by atoms with E-state index in [9.17, 15) is 18.0 Å². The predicted octanol–water partition coefficient (Wildman–Crippen LogP) is 3.15. The first-order valence-corrected chi connectivity index (χ1v) is 13.7. The molecule has 1 unspecified atom stereocenters. The fraction of sp³-hybridized carbons (Fsp3) is 0.462. The Kier molecular flexibility index (Phi) is 10.6. The van der Waals surface area contributed by atoms with Crippen molar-refractivity contribution < 1.29 is 22.7 Å². The molecule has 0 aliphatic rings. The van der Waals surface area contributed by atoms with Gasteiger partial charge in [-0.25, -0.2) is 8.42 Å². The van der Waals surface area contributed by atoms with Gasteiger partial charge in [0.25, 0.3) is 0 Å². The second kappa shape index (κ2) is 13.1. The first-order chi connectivity index (χ1) is 16.6. The zero-order chi connectivity index (χ0) is 26.0. The molecule has 8 nitrogen and oxygen atoms in total. The van der Waals surface area contributed by atoms with Gasteiger partial charge in [0.05, 0.1) is 19.1 Å². The number of hydrogen-bond acceptors (Lipinski definition) is 5.